The minimum Gasteiger partial charge on any atom is -0.388 e. The molecule has 1 rings (SSSR count). The smallest absolute Gasteiger partial charge is 0.0351 e. The maximum absolute atomic E-state index is 4.25. The Morgan fingerprint density at radius 3 is 0.941 bits per heavy atom. The standard InChI is InChI=1S/C14H22.C2H6O/c1-13(2,3)11-7-9-12(10-8-11)14(4,5)6;1-3-2/h7-10H,1-6H3;1-2H3. The SMILES string of the molecule is CC(C)(C)c1ccc(C(C)(C)C)cc1.COC. The highest BCUT2D eigenvalue weighted by Crippen LogP contribution is 2.26. The maximum atomic E-state index is 4.25. The van der Waals surface area contributed by atoms with Crippen LogP contribution in [0.4, 0.5) is 0 Å². The summed E-state index contributed by atoms with van der Waals surface area (Å²) in [5, 5.41) is 0. The van der Waals surface area contributed by atoms with Crippen molar-refractivity contribution in [1.29, 1.82) is 0 Å². The van der Waals surface area contributed by atoms with Crippen molar-refractivity contribution >= 4 is 0 Å². The summed E-state index contributed by atoms with van der Waals surface area (Å²) in [7, 11) is 3.25. The highest BCUT2D eigenvalue weighted by Gasteiger charge is 2.16. The first-order chi connectivity index (χ1) is 7.62. The quantitative estimate of drug-likeness (QED) is 0.642. The van der Waals surface area contributed by atoms with Crippen LogP contribution in [0.2, 0.25) is 0 Å². The molecule has 0 N–H and O–H groups in total. The number of methoxy groups -OCH3 is 1. The molecule has 0 spiro atoms. The van der Waals surface area contributed by atoms with Crippen molar-refractivity contribution in [2.24, 2.45) is 0 Å². The lowest BCUT2D eigenvalue weighted by molar-refractivity contribution is 0.277. The summed E-state index contributed by atoms with van der Waals surface area (Å²) < 4.78 is 4.25. The van der Waals surface area contributed by atoms with Gasteiger partial charge >= 0.3 is 0 Å². The van der Waals surface area contributed by atoms with E-state index in [9.17, 15) is 0 Å². The van der Waals surface area contributed by atoms with Crippen molar-refractivity contribution < 1.29 is 4.74 Å². The molecule has 1 nitrogen and oxygen atoms in total. The number of rotatable bonds is 0. The zero-order chi connectivity index (χ0) is 13.7. The number of hydrogen-bond acceptors (Lipinski definition) is 1. The van der Waals surface area contributed by atoms with Gasteiger partial charge in [0.05, 0.1) is 0 Å². The van der Waals surface area contributed by atoms with E-state index < -0.39 is 0 Å². The summed E-state index contributed by atoms with van der Waals surface area (Å²) in [6, 6.07) is 9.00. The average molecular weight is 236 g/mol. The van der Waals surface area contributed by atoms with Crippen LogP contribution in [-0.2, 0) is 15.6 Å². The third-order valence-electron chi connectivity index (χ3n) is 2.62. The molecule has 1 aromatic rings. The third-order valence-corrected chi connectivity index (χ3v) is 2.62. The van der Waals surface area contributed by atoms with Gasteiger partial charge in [-0.05, 0) is 22.0 Å². The van der Waals surface area contributed by atoms with E-state index >= 15 is 0 Å². The van der Waals surface area contributed by atoms with E-state index in [0.717, 1.165) is 0 Å². The van der Waals surface area contributed by atoms with Crippen LogP contribution in [0.3, 0.4) is 0 Å². The molecule has 0 unspecified atom stereocenters. The first-order valence-electron chi connectivity index (χ1n) is 6.14. The summed E-state index contributed by atoms with van der Waals surface area (Å²) >= 11 is 0. The molecule has 0 fully saturated rings. The number of ether oxygens (including phenoxy) is 1. The summed E-state index contributed by atoms with van der Waals surface area (Å²) in [6.45, 7) is 13.5. The lowest BCUT2D eigenvalue weighted by Crippen LogP contribution is -2.14. The van der Waals surface area contributed by atoms with Gasteiger partial charge in [0.15, 0.2) is 0 Å². The topological polar surface area (TPSA) is 9.23 Å². The van der Waals surface area contributed by atoms with Crippen LogP contribution >= 0.6 is 0 Å². The first-order valence-corrected chi connectivity index (χ1v) is 6.14. The van der Waals surface area contributed by atoms with Crippen molar-refractivity contribution in [1.82, 2.24) is 0 Å². The van der Waals surface area contributed by atoms with E-state index in [-0.39, 0.29) is 10.8 Å². The number of hydrogen-bond donors (Lipinski definition) is 0. The van der Waals surface area contributed by atoms with Gasteiger partial charge < -0.3 is 4.74 Å². The largest absolute Gasteiger partial charge is 0.388 e. The predicted molar refractivity (Wildman–Crippen MR) is 76.8 cm³/mol. The Labute approximate surface area is 107 Å². The molecule has 0 bridgehead atoms. The van der Waals surface area contributed by atoms with Crippen LogP contribution in [-0.4, -0.2) is 14.2 Å². The highest BCUT2D eigenvalue weighted by molar-refractivity contribution is 5.30. The van der Waals surface area contributed by atoms with E-state index in [1.54, 1.807) is 14.2 Å². The monoisotopic (exact) mass is 236 g/mol. The van der Waals surface area contributed by atoms with Crippen molar-refractivity contribution in [3.8, 4) is 0 Å². The Hall–Kier alpha value is -0.820. The van der Waals surface area contributed by atoms with E-state index in [0.29, 0.717) is 0 Å². The van der Waals surface area contributed by atoms with Crippen molar-refractivity contribution in [2.75, 3.05) is 14.2 Å². The van der Waals surface area contributed by atoms with Gasteiger partial charge in [-0.3, -0.25) is 0 Å². The van der Waals surface area contributed by atoms with Gasteiger partial charge in [0.2, 0.25) is 0 Å². The molecular weight excluding hydrogens is 208 g/mol. The Kier molecular flexibility index (Phi) is 5.91. The van der Waals surface area contributed by atoms with Crippen LogP contribution in [0.15, 0.2) is 24.3 Å². The Morgan fingerprint density at radius 1 is 0.647 bits per heavy atom. The molecule has 17 heavy (non-hydrogen) atoms. The molecule has 0 amide bonds. The lowest BCUT2D eigenvalue weighted by Gasteiger charge is -2.23. The van der Waals surface area contributed by atoms with Gasteiger partial charge in [0.1, 0.15) is 0 Å². The lowest BCUT2D eigenvalue weighted by atomic mass is 9.82. The first kappa shape index (κ1) is 16.2. The zero-order valence-corrected chi connectivity index (χ0v) is 12.7. The molecule has 0 aliphatic carbocycles. The van der Waals surface area contributed by atoms with E-state index in [1.807, 2.05) is 0 Å². The van der Waals surface area contributed by atoms with Gasteiger partial charge in [-0.25, -0.2) is 0 Å². The Morgan fingerprint density at radius 2 is 0.824 bits per heavy atom. The summed E-state index contributed by atoms with van der Waals surface area (Å²) in [5.41, 5.74) is 3.34. The molecule has 0 heterocycles. The van der Waals surface area contributed by atoms with Crippen molar-refractivity contribution in [2.45, 2.75) is 52.4 Å². The van der Waals surface area contributed by atoms with Gasteiger partial charge in [-0.2, -0.15) is 0 Å². The Bertz CT molecular complexity index is 276. The van der Waals surface area contributed by atoms with Gasteiger partial charge in [0.25, 0.3) is 0 Å². The van der Waals surface area contributed by atoms with Gasteiger partial charge in [0, 0.05) is 14.2 Å². The predicted octanol–water partition coefficient (Wildman–Crippen LogP) is 4.54. The fourth-order valence-corrected chi connectivity index (χ4v) is 1.47. The minimum absolute atomic E-state index is 0.260. The fourth-order valence-electron chi connectivity index (χ4n) is 1.47. The van der Waals surface area contributed by atoms with Crippen molar-refractivity contribution in [3.63, 3.8) is 0 Å². The summed E-state index contributed by atoms with van der Waals surface area (Å²) in [4.78, 5) is 0. The van der Waals surface area contributed by atoms with Crippen LogP contribution < -0.4 is 0 Å². The number of benzene rings is 1. The van der Waals surface area contributed by atoms with Crippen LogP contribution in [0.1, 0.15) is 52.7 Å². The Balaban J connectivity index is 0.000000770. The van der Waals surface area contributed by atoms with Gasteiger partial charge in [-0.15, -0.1) is 0 Å². The molecule has 0 aromatic heterocycles. The second kappa shape index (κ2) is 6.20. The molecule has 0 aliphatic rings. The summed E-state index contributed by atoms with van der Waals surface area (Å²) in [6.07, 6.45) is 0. The second-order valence-corrected chi connectivity index (χ2v) is 6.49. The molecule has 0 radical (unpaired) electrons. The summed E-state index contributed by atoms with van der Waals surface area (Å²) in [5.74, 6) is 0. The molecule has 1 aromatic carbocycles. The fraction of sp³-hybridized carbons (Fsp3) is 0.625. The second-order valence-electron chi connectivity index (χ2n) is 6.49. The van der Waals surface area contributed by atoms with E-state index in [1.165, 1.54) is 11.1 Å². The van der Waals surface area contributed by atoms with E-state index in [4.69, 9.17) is 0 Å². The van der Waals surface area contributed by atoms with Crippen LogP contribution in [0.25, 0.3) is 0 Å². The van der Waals surface area contributed by atoms with E-state index in [2.05, 4.69) is 70.5 Å². The van der Waals surface area contributed by atoms with Gasteiger partial charge in [-0.1, -0.05) is 65.8 Å². The molecule has 0 aliphatic heterocycles. The molecule has 0 atom stereocenters. The molecule has 0 saturated carbocycles. The zero-order valence-electron chi connectivity index (χ0n) is 12.7. The molecule has 98 valence electrons. The van der Waals surface area contributed by atoms with Crippen LogP contribution in [0, 0.1) is 0 Å². The normalized spacial score (nSPS) is 11.8. The third kappa shape index (κ3) is 5.88. The molecular formula is C16H28O. The highest BCUT2D eigenvalue weighted by atomic mass is 16.4. The van der Waals surface area contributed by atoms with Crippen molar-refractivity contribution in [3.05, 3.63) is 35.4 Å². The molecule has 1 heteroatoms. The maximum Gasteiger partial charge on any atom is 0.0351 e. The average Bonchev–Trinajstić information content (AvgIpc) is 2.16. The molecule has 0 saturated heterocycles. The van der Waals surface area contributed by atoms with Crippen LogP contribution in [0.5, 0.6) is 0 Å². The minimum atomic E-state index is 0.260.